The van der Waals surface area contributed by atoms with Crippen LogP contribution in [0.2, 0.25) is 0 Å². The normalized spacial score (nSPS) is 10.5. The van der Waals surface area contributed by atoms with Crippen molar-refractivity contribution in [2.24, 2.45) is 0 Å². The summed E-state index contributed by atoms with van der Waals surface area (Å²) in [6.45, 7) is 0.122. The second-order valence-corrected chi connectivity index (χ2v) is 5.75. The van der Waals surface area contributed by atoms with E-state index < -0.39 is 5.82 Å². The molecule has 7 nitrogen and oxygen atoms in total. The summed E-state index contributed by atoms with van der Waals surface area (Å²) >= 11 is 0. The second-order valence-electron chi connectivity index (χ2n) is 5.75. The highest BCUT2D eigenvalue weighted by Crippen LogP contribution is 2.31. The van der Waals surface area contributed by atoms with E-state index in [1.54, 1.807) is 39.5 Å². The maximum absolute atomic E-state index is 13.0. The van der Waals surface area contributed by atoms with Gasteiger partial charge in [-0.05, 0) is 42.5 Å². The van der Waals surface area contributed by atoms with Crippen LogP contribution in [0, 0.1) is 5.82 Å². The molecule has 140 valence electrons. The van der Waals surface area contributed by atoms with Crippen LogP contribution in [-0.2, 0) is 6.54 Å². The maximum atomic E-state index is 13.0. The highest BCUT2D eigenvalue weighted by Gasteiger charge is 2.17. The van der Waals surface area contributed by atoms with Gasteiger partial charge < -0.3 is 18.9 Å². The predicted molar refractivity (Wildman–Crippen MR) is 95.0 cm³/mol. The van der Waals surface area contributed by atoms with Crippen molar-refractivity contribution in [3.63, 3.8) is 0 Å². The van der Waals surface area contributed by atoms with Gasteiger partial charge in [-0.2, -0.15) is 4.98 Å². The summed E-state index contributed by atoms with van der Waals surface area (Å²) in [6.07, 6.45) is 0. The minimum Gasteiger partial charge on any atom is -0.493 e. The van der Waals surface area contributed by atoms with E-state index in [0.29, 0.717) is 28.5 Å². The smallest absolute Gasteiger partial charge is 0.254 e. The van der Waals surface area contributed by atoms with E-state index >= 15 is 0 Å². The minimum atomic E-state index is -0.398. The van der Waals surface area contributed by atoms with E-state index in [9.17, 15) is 9.18 Å². The van der Waals surface area contributed by atoms with Gasteiger partial charge >= 0.3 is 0 Å². The Morgan fingerprint density at radius 1 is 1.11 bits per heavy atom. The first-order valence-electron chi connectivity index (χ1n) is 8.08. The van der Waals surface area contributed by atoms with Crippen LogP contribution in [0.25, 0.3) is 11.4 Å². The molecule has 0 unspecified atom stereocenters. The van der Waals surface area contributed by atoms with Gasteiger partial charge in [-0.15, -0.1) is 0 Å². The number of amides is 1. The van der Waals surface area contributed by atoms with Crippen LogP contribution in [0.1, 0.15) is 16.2 Å². The summed E-state index contributed by atoms with van der Waals surface area (Å²) in [5.74, 6) is 1.11. The molecule has 0 aliphatic carbocycles. The molecule has 0 N–H and O–H groups in total. The maximum Gasteiger partial charge on any atom is 0.254 e. The number of nitrogens with zero attached hydrogens (tertiary/aromatic N) is 3. The van der Waals surface area contributed by atoms with Crippen LogP contribution in [-0.4, -0.2) is 42.2 Å². The monoisotopic (exact) mass is 371 g/mol. The lowest BCUT2D eigenvalue weighted by Gasteiger charge is -2.14. The van der Waals surface area contributed by atoms with Crippen LogP contribution in [0.3, 0.4) is 0 Å². The van der Waals surface area contributed by atoms with Gasteiger partial charge in [-0.3, -0.25) is 4.79 Å². The van der Waals surface area contributed by atoms with Crippen LogP contribution >= 0.6 is 0 Å². The average molecular weight is 371 g/mol. The van der Waals surface area contributed by atoms with E-state index in [-0.39, 0.29) is 18.3 Å². The van der Waals surface area contributed by atoms with Crippen LogP contribution in [0.15, 0.2) is 47.0 Å². The van der Waals surface area contributed by atoms with Crippen molar-refractivity contribution in [3.8, 4) is 22.9 Å². The lowest BCUT2D eigenvalue weighted by Crippen LogP contribution is -2.26. The molecule has 0 radical (unpaired) electrons. The number of aromatic nitrogens is 2. The number of carbonyl (C=O) groups is 1. The molecule has 0 saturated carbocycles. The van der Waals surface area contributed by atoms with Crippen molar-refractivity contribution in [1.29, 1.82) is 0 Å². The van der Waals surface area contributed by atoms with E-state index in [1.807, 2.05) is 0 Å². The topological polar surface area (TPSA) is 77.7 Å². The Morgan fingerprint density at radius 2 is 1.81 bits per heavy atom. The zero-order chi connectivity index (χ0) is 19.4. The number of carbonyl (C=O) groups excluding carboxylic acids is 1. The summed E-state index contributed by atoms with van der Waals surface area (Å²) in [5, 5.41) is 3.94. The highest BCUT2D eigenvalue weighted by atomic mass is 19.1. The second kappa shape index (κ2) is 7.86. The Labute approximate surface area is 155 Å². The first-order chi connectivity index (χ1) is 13.0. The van der Waals surface area contributed by atoms with Crippen LogP contribution in [0.4, 0.5) is 4.39 Å². The van der Waals surface area contributed by atoms with Gasteiger partial charge in [0.05, 0.1) is 20.8 Å². The molecule has 3 aromatic rings. The summed E-state index contributed by atoms with van der Waals surface area (Å²) in [7, 11) is 4.70. The summed E-state index contributed by atoms with van der Waals surface area (Å²) in [6, 6.07) is 10.6. The Balaban J connectivity index is 1.74. The number of rotatable bonds is 6. The molecule has 27 heavy (non-hydrogen) atoms. The van der Waals surface area contributed by atoms with E-state index in [2.05, 4.69) is 10.1 Å². The predicted octanol–water partition coefficient (Wildman–Crippen LogP) is 3.17. The Bertz CT molecular complexity index is 940. The molecule has 0 spiro atoms. The fraction of sp³-hybridized carbons (Fsp3) is 0.211. The summed E-state index contributed by atoms with van der Waals surface area (Å²) in [4.78, 5) is 18.1. The quantitative estimate of drug-likeness (QED) is 0.662. The molecule has 1 heterocycles. The molecule has 0 atom stereocenters. The Hall–Kier alpha value is -3.42. The van der Waals surface area contributed by atoms with Crippen molar-refractivity contribution in [3.05, 3.63) is 59.7 Å². The van der Waals surface area contributed by atoms with Gasteiger partial charge in [0.1, 0.15) is 5.82 Å². The number of methoxy groups -OCH3 is 2. The number of hydrogen-bond donors (Lipinski definition) is 0. The van der Waals surface area contributed by atoms with E-state index in [4.69, 9.17) is 14.0 Å². The van der Waals surface area contributed by atoms with Crippen LogP contribution in [0.5, 0.6) is 11.5 Å². The van der Waals surface area contributed by atoms with Crippen LogP contribution < -0.4 is 9.47 Å². The molecule has 0 bridgehead atoms. The van der Waals surface area contributed by atoms with Crippen molar-refractivity contribution in [1.82, 2.24) is 15.0 Å². The molecule has 0 aliphatic heterocycles. The fourth-order valence-corrected chi connectivity index (χ4v) is 2.50. The first-order valence-corrected chi connectivity index (χ1v) is 8.08. The number of ether oxygens (including phenoxy) is 2. The lowest BCUT2D eigenvalue weighted by atomic mass is 10.2. The lowest BCUT2D eigenvalue weighted by molar-refractivity contribution is 0.0769. The summed E-state index contributed by atoms with van der Waals surface area (Å²) in [5.41, 5.74) is 1.06. The van der Waals surface area contributed by atoms with E-state index in [1.165, 1.54) is 29.2 Å². The molecule has 1 amide bonds. The Kier molecular flexibility index (Phi) is 5.35. The zero-order valence-electron chi connectivity index (χ0n) is 15.1. The van der Waals surface area contributed by atoms with Crippen molar-refractivity contribution >= 4 is 5.91 Å². The minimum absolute atomic E-state index is 0.122. The van der Waals surface area contributed by atoms with E-state index in [0.717, 1.165) is 0 Å². The molecule has 1 aromatic heterocycles. The highest BCUT2D eigenvalue weighted by molar-refractivity contribution is 5.93. The average Bonchev–Trinajstić information content (AvgIpc) is 3.15. The van der Waals surface area contributed by atoms with Gasteiger partial charge in [-0.25, -0.2) is 4.39 Å². The third kappa shape index (κ3) is 4.05. The first kappa shape index (κ1) is 18.4. The number of benzene rings is 2. The molecule has 0 fully saturated rings. The van der Waals surface area contributed by atoms with Crippen molar-refractivity contribution in [2.45, 2.75) is 6.54 Å². The molecule has 0 saturated heterocycles. The molecular formula is C19H18FN3O4. The molecule has 0 aliphatic rings. The molecular weight excluding hydrogens is 353 g/mol. The fourth-order valence-electron chi connectivity index (χ4n) is 2.50. The zero-order valence-corrected chi connectivity index (χ0v) is 15.1. The van der Waals surface area contributed by atoms with Gasteiger partial charge in [-0.1, -0.05) is 5.16 Å². The van der Waals surface area contributed by atoms with Gasteiger partial charge in [0, 0.05) is 18.2 Å². The third-order valence-corrected chi connectivity index (χ3v) is 3.92. The summed E-state index contributed by atoms with van der Waals surface area (Å²) < 4.78 is 28.7. The third-order valence-electron chi connectivity index (χ3n) is 3.92. The standard InChI is InChI=1S/C19H18FN3O4/c1-23(19(24)12-4-7-14(20)8-5-12)11-17-21-18(22-27-17)13-6-9-15(25-2)16(10-13)26-3/h4-10H,11H2,1-3H3. The molecule has 2 aromatic carbocycles. The SMILES string of the molecule is COc1ccc(-c2noc(CN(C)C(=O)c3ccc(F)cc3)n2)cc1OC. The van der Waals surface area contributed by atoms with Gasteiger partial charge in [0.25, 0.3) is 5.91 Å². The van der Waals surface area contributed by atoms with Gasteiger partial charge in [0.2, 0.25) is 11.7 Å². The van der Waals surface area contributed by atoms with Crippen molar-refractivity contribution < 1.29 is 23.2 Å². The van der Waals surface area contributed by atoms with Crippen molar-refractivity contribution in [2.75, 3.05) is 21.3 Å². The van der Waals surface area contributed by atoms with Gasteiger partial charge in [0.15, 0.2) is 11.5 Å². The molecule has 8 heteroatoms. The largest absolute Gasteiger partial charge is 0.493 e. The molecule has 3 rings (SSSR count). The Morgan fingerprint density at radius 3 is 2.48 bits per heavy atom. The number of halogens is 1. The number of hydrogen-bond acceptors (Lipinski definition) is 6.